The van der Waals surface area contributed by atoms with E-state index in [0.717, 1.165) is 4.31 Å². The van der Waals surface area contributed by atoms with Crippen LogP contribution < -0.4 is 14.4 Å². The normalized spacial score (nSPS) is 14.6. The van der Waals surface area contributed by atoms with Crippen molar-refractivity contribution < 1.29 is 22.5 Å². The zero-order valence-electron chi connectivity index (χ0n) is 16.4. The number of fused-ring (bicyclic) bond motifs is 1. The fourth-order valence-corrected chi connectivity index (χ4v) is 3.59. The second-order valence-electron chi connectivity index (χ2n) is 7.54. The average Bonchev–Trinajstić information content (AvgIpc) is 3.09. The van der Waals surface area contributed by atoms with Crippen molar-refractivity contribution in [1.29, 1.82) is 0 Å². The fourth-order valence-electron chi connectivity index (χ4n) is 2.51. The molecule has 28 heavy (non-hydrogen) atoms. The van der Waals surface area contributed by atoms with Crippen molar-refractivity contribution in [2.45, 2.75) is 26.2 Å². The summed E-state index contributed by atoms with van der Waals surface area (Å²) >= 11 is 0. The minimum absolute atomic E-state index is 0.124. The predicted octanol–water partition coefficient (Wildman–Crippen LogP) is 1.62. The highest BCUT2D eigenvalue weighted by Gasteiger charge is 2.32. The van der Waals surface area contributed by atoms with E-state index in [1.165, 1.54) is 30.7 Å². The Labute approximate surface area is 163 Å². The molecule has 3 rings (SSSR count). The van der Waals surface area contributed by atoms with E-state index < -0.39 is 16.1 Å². The molecule has 0 saturated heterocycles. The van der Waals surface area contributed by atoms with E-state index in [-0.39, 0.29) is 41.5 Å². The third-order valence-corrected chi connectivity index (χ3v) is 5.99. The number of amides is 1. The molecule has 0 saturated carbocycles. The van der Waals surface area contributed by atoms with E-state index in [9.17, 15) is 13.2 Å². The lowest BCUT2D eigenvalue weighted by Crippen LogP contribution is -2.44. The van der Waals surface area contributed by atoms with Crippen LogP contribution in [0.2, 0.25) is 0 Å². The number of carbonyl (C=O) groups is 1. The van der Waals surface area contributed by atoms with Gasteiger partial charge in [-0.05, 0) is 6.07 Å². The van der Waals surface area contributed by atoms with Crippen LogP contribution in [0.1, 0.15) is 36.9 Å². The van der Waals surface area contributed by atoms with Gasteiger partial charge in [0.05, 0.1) is 12.1 Å². The first-order valence-corrected chi connectivity index (χ1v) is 10.0. The van der Waals surface area contributed by atoms with Crippen LogP contribution in [-0.2, 0) is 15.6 Å². The minimum Gasteiger partial charge on any atom is -0.474 e. The van der Waals surface area contributed by atoms with E-state index in [1.54, 1.807) is 6.07 Å². The molecule has 0 unspecified atom stereocenters. The molecule has 3 heterocycles. The topological polar surface area (TPSA) is 118 Å². The summed E-state index contributed by atoms with van der Waals surface area (Å²) in [6.07, 6.45) is 1.32. The van der Waals surface area contributed by atoms with Gasteiger partial charge in [-0.1, -0.05) is 25.9 Å². The molecular weight excluding hydrogens is 386 g/mol. The van der Waals surface area contributed by atoms with Crippen molar-refractivity contribution in [3.63, 3.8) is 0 Å². The van der Waals surface area contributed by atoms with Crippen molar-refractivity contribution >= 4 is 27.6 Å². The minimum atomic E-state index is -3.74. The lowest BCUT2D eigenvalue weighted by Gasteiger charge is -2.31. The van der Waals surface area contributed by atoms with Crippen molar-refractivity contribution in [3.05, 3.63) is 29.7 Å². The highest BCUT2D eigenvalue weighted by atomic mass is 32.2. The Balaban J connectivity index is 1.88. The summed E-state index contributed by atoms with van der Waals surface area (Å²) in [6, 6.07) is 3.08. The Morgan fingerprint density at radius 1 is 1.29 bits per heavy atom. The fraction of sp³-hybridized carbons (Fsp3) is 0.471. The molecule has 10 nitrogen and oxygen atoms in total. The highest BCUT2D eigenvalue weighted by Crippen LogP contribution is 2.33. The molecule has 0 aromatic carbocycles. The average molecular weight is 409 g/mol. The molecule has 0 spiro atoms. The number of nitrogens with zero attached hydrogens (tertiary/aromatic N) is 4. The van der Waals surface area contributed by atoms with Gasteiger partial charge in [0.1, 0.15) is 18.1 Å². The van der Waals surface area contributed by atoms with Crippen LogP contribution in [0.25, 0.3) is 0 Å². The second-order valence-corrected chi connectivity index (χ2v) is 9.61. The molecule has 0 radical (unpaired) electrons. The van der Waals surface area contributed by atoms with Gasteiger partial charge in [0.25, 0.3) is 5.91 Å². The van der Waals surface area contributed by atoms with Gasteiger partial charge in [0, 0.05) is 31.8 Å². The number of nitrogens with one attached hydrogen (secondary N) is 1. The van der Waals surface area contributed by atoms with Gasteiger partial charge >= 0.3 is 10.2 Å². The Morgan fingerprint density at radius 2 is 2.00 bits per heavy atom. The molecule has 0 fully saturated rings. The maximum Gasteiger partial charge on any atom is 0.303 e. The molecule has 2 aromatic rings. The summed E-state index contributed by atoms with van der Waals surface area (Å²) in [5, 5.41) is 6.48. The number of hydrogen-bond donors (Lipinski definition) is 1. The summed E-state index contributed by atoms with van der Waals surface area (Å²) in [5.41, 5.74) is 0.133. The largest absolute Gasteiger partial charge is 0.474 e. The van der Waals surface area contributed by atoms with Gasteiger partial charge in [-0.15, -0.1) is 0 Å². The molecule has 11 heteroatoms. The van der Waals surface area contributed by atoms with Crippen molar-refractivity contribution in [3.8, 4) is 5.88 Å². The summed E-state index contributed by atoms with van der Waals surface area (Å²) in [6.45, 7) is 6.19. The SMILES string of the molecule is CN(C)S(=O)(=O)N1CCOc2ncc(C(=O)Nc3cc(C(C)(C)C)on3)cc21. The van der Waals surface area contributed by atoms with Crippen LogP contribution in [0.15, 0.2) is 22.9 Å². The van der Waals surface area contributed by atoms with Gasteiger partial charge in [-0.2, -0.15) is 12.7 Å². The standard InChI is InChI=1S/C17H23N5O5S/c1-17(2,3)13-9-14(20-27-13)19-15(23)11-8-12-16(18-10-11)26-7-6-22(12)28(24,25)21(4)5/h8-10H,6-7H2,1-5H3,(H,19,20,23). The zero-order chi connectivity index (χ0) is 20.7. The van der Waals surface area contributed by atoms with Crippen LogP contribution in [0.4, 0.5) is 11.5 Å². The van der Waals surface area contributed by atoms with Gasteiger partial charge in [0.2, 0.25) is 5.88 Å². The number of rotatable bonds is 4. The molecule has 0 atom stereocenters. The maximum atomic E-state index is 12.6. The van der Waals surface area contributed by atoms with Gasteiger partial charge < -0.3 is 14.6 Å². The molecule has 1 aliphatic rings. The predicted molar refractivity (Wildman–Crippen MR) is 103 cm³/mol. The van der Waals surface area contributed by atoms with Crippen molar-refractivity contribution in [1.82, 2.24) is 14.4 Å². The first-order valence-electron chi connectivity index (χ1n) is 8.62. The van der Waals surface area contributed by atoms with E-state index in [4.69, 9.17) is 9.26 Å². The number of hydrogen-bond acceptors (Lipinski definition) is 7. The zero-order valence-corrected chi connectivity index (χ0v) is 17.2. The van der Waals surface area contributed by atoms with Crippen LogP contribution in [0.3, 0.4) is 0 Å². The molecular formula is C17H23N5O5S. The Hall–Kier alpha value is -2.66. The van der Waals surface area contributed by atoms with Gasteiger partial charge in [-0.25, -0.2) is 9.29 Å². The monoisotopic (exact) mass is 409 g/mol. The number of carbonyl (C=O) groups excluding carboxylic acids is 1. The summed E-state index contributed by atoms with van der Waals surface area (Å²) in [5.74, 6) is 0.561. The van der Waals surface area contributed by atoms with E-state index in [1.807, 2.05) is 20.8 Å². The van der Waals surface area contributed by atoms with Crippen molar-refractivity contribution in [2.24, 2.45) is 0 Å². The van der Waals surface area contributed by atoms with E-state index in [0.29, 0.717) is 5.76 Å². The van der Waals surface area contributed by atoms with Crippen molar-refractivity contribution in [2.75, 3.05) is 36.9 Å². The molecule has 0 bridgehead atoms. The molecule has 2 aromatic heterocycles. The first kappa shape index (κ1) is 20.1. The Morgan fingerprint density at radius 3 is 2.61 bits per heavy atom. The second kappa shape index (κ2) is 7.06. The quantitative estimate of drug-likeness (QED) is 0.815. The number of aromatic nitrogens is 2. The number of anilines is 2. The van der Waals surface area contributed by atoms with Gasteiger partial charge in [0.15, 0.2) is 5.82 Å². The number of pyridine rings is 1. The highest BCUT2D eigenvalue weighted by molar-refractivity contribution is 7.90. The van der Waals surface area contributed by atoms with E-state index in [2.05, 4.69) is 15.5 Å². The molecule has 1 N–H and O–H groups in total. The lowest BCUT2D eigenvalue weighted by molar-refractivity contribution is 0.102. The third kappa shape index (κ3) is 3.80. The van der Waals surface area contributed by atoms with Crippen LogP contribution in [0.5, 0.6) is 5.88 Å². The van der Waals surface area contributed by atoms with Crippen LogP contribution >= 0.6 is 0 Å². The molecule has 0 aliphatic carbocycles. The van der Waals surface area contributed by atoms with Crippen LogP contribution in [-0.4, -0.2) is 56.0 Å². The summed E-state index contributed by atoms with van der Waals surface area (Å²) in [7, 11) is -0.867. The molecule has 1 amide bonds. The van der Waals surface area contributed by atoms with E-state index >= 15 is 0 Å². The first-order chi connectivity index (χ1) is 13.0. The Kier molecular flexibility index (Phi) is 5.06. The lowest BCUT2D eigenvalue weighted by atomic mass is 9.93. The summed E-state index contributed by atoms with van der Waals surface area (Å²) in [4.78, 5) is 16.7. The Bertz CT molecular complexity index is 994. The smallest absolute Gasteiger partial charge is 0.303 e. The summed E-state index contributed by atoms with van der Waals surface area (Å²) < 4.78 is 38.1. The van der Waals surface area contributed by atoms with Crippen LogP contribution in [0, 0.1) is 0 Å². The molecule has 152 valence electrons. The number of ether oxygens (including phenoxy) is 1. The van der Waals surface area contributed by atoms with Gasteiger partial charge in [-0.3, -0.25) is 4.79 Å². The maximum absolute atomic E-state index is 12.6. The molecule has 1 aliphatic heterocycles. The third-order valence-electron chi connectivity index (χ3n) is 4.13.